The number of hydrogen-bond acceptors (Lipinski definition) is 0. The molecule has 1 aromatic heterocycles. The van der Waals surface area contributed by atoms with Gasteiger partial charge in [-0.25, -0.2) is 0 Å². The van der Waals surface area contributed by atoms with Crippen LogP contribution in [0, 0.1) is 0 Å². The first-order valence-electron chi connectivity index (χ1n) is 22.3. The Balaban J connectivity index is 1.08. The number of aromatic nitrogens is 1. The summed E-state index contributed by atoms with van der Waals surface area (Å²) in [7, 11) is 0. The fraction of sp³-hybridized carbons (Fsp3) is 0.0968. The van der Waals surface area contributed by atoms with Gasteiger partial charge in [-0.05, 0) is 148 Å². The molecule has 0 unspecified atom stereocenters. The highest BCUT2D eigenvalue weighted by molar-refractivity contribution is 6.22. The molecule has 0 N–H and O–H groups in total. The summed E-state index contributed by atoms with van der Waals surface area (Å²) in [4.78, 5) is 0. The Morgan fingerprint density at radius 2 is 0.714 bits per heavy atom. The average Bonchev–Trinajstić information content (AvgIpc) is 3.87. The molecule has 1 nitrogen and oxygen atoms in total. The van der Waals surface area contributed by atoms with Crippen LogP contribution < -0.4 is 0 Å². The van der Waals surface area contributed by atoms with Crippen molar-refractivity contribution in [3.8, 4) is 61.3 Å². The summed E-state index contributed by atoms with van der Waals surface area (Å²) in [6.07, 6.45) is 0. The van der Waals surface area contributed by atoms with Crippen LogP contribution in [-0.4, -0.2) is 4.57 Å². The van der Waals surface area contributed by atoms with Crippen molar-refractivity contribution in [1.29, 1.82) is 0 Å². The summed E-state index contributed by atoms with van der Waals surface area (Å²) in [5.74, 6) is 0. The largest absolute Gasteiger partial charge is 0.309 e. The molecule has 0 radical (unpaired) electrons. The van der Waals surface area contributed by atoms with Gasteiger partial charge in [0.15, 0.2) is 0 Å². The van der Waals surface area contributed by atoms with E-state index in [1.807, 2.05) is 0 Å². The Kier molecular flexibility index (Phi) is 7.48. The quantitative estimate of drug-likeness (QED) is 0.156. The van der Waals surface area contributed by atoms with Gasteiger partial charge in [0.05, 0.1) is 11.0 Å². The summed E-state index contributed by atoms with van der Waals surface area (Å²) in [5.41, 5.74) is 21.9. The zero-order valence-electron chi connectivity index (χ0n) is 36.0. The van der Waals surface area contributed by atoms with E-state index in [4.69, 9.17) is 0 Å². The molecule has 63 heavy (non-hydrogen) atoms. The van der Waals surface area contributed by atoms with Crippen molar-refractivity contribution in [3.05, 3.63) is 222 Å². The van der Waals surface area contributed by atoms with Crippen LogP contribution in [0.1, 0.15) is 49.9 Å². The molecule has 1 heteroatoms. The SMILES string of the molecule is CC1(C)c2ccccc2-c2ccc(-c3c4ccccc4c(-c4ccc5c(c4)C(C)(C)c4ccccc4-5)c4cc(-c5ccc6c(c5)c5ccccc5n6-c5ccccc5)ccc34)cc21. The minimum absolute atomic E-state index is 0.0995. The molecule has 10 aromatic carbocycles. The molecular formula is C62H45N. The molecule has 0 fully saturated rings. The second kappa shape index (κ2) is 13.0. The first-order chi connectivity index (χ1) is 30.8. The standard InChI is InChI=1S/C62H45N/c1-61(2)53-23-13-10-18-43(53)45-30-27-40(36-55(45)61)59-48-21-8-9-22-49(48)60(41-28-31-46-44-19-11-14-24-54(44)62(3,4)56(46)37-41)52-35-38(26-32-50(52)59)39-29-33-58-51(34-39)47-20-12-15-25-57(47)63(58)42-16-6-5-7-17-42/h5-37H,1-4H3. The average molecular weight is 804 g/mol. The van der Waals surface area contributed by atoms with Crippen LogP contribution in [0.25, 0.3) is 105 Å². The second-order valence-corrected chi connectivity index (χ2v) is 18.8. The van der Waals surface area contributed by atoms with Crippen LogP contribution in [0.15, 0.2) is 200 Å². The van der Waals surface area contributed by atoms with Crippen molar-refractivity contribution in [3.63, 3.8) is 0 Å². The van der Waals surface area contributed by atoms with Gasteiger partial charge in [0, 0.05) is 27.3 Å². The van der Waals surface area contributed by atoms with Gasteiger partial charge in [-0.2, -0.15) is 0 Å². The molecule has 2 aliphatic rings. The number of para-hydroxylation sites is 2. The zero-order valence-corrected chi connectivity index (χ0v) is 36.0. The van der Waals surface area contributed by atoms with Crippen molar-refractivity contribution in [1.82, 2.24) is 4.57 Å². The minimum atomic E-state index is -0.109. The molecular weight excluding hydrogens is 759 g/mol. The van der Waals surface area contributed by atoms with Crippen molar-refractivity contribution < 1.29 is 0 Å². The van der Waals surface area contributed by atoms with E-state index in [0.717, 1.165) is 0 Å². The molecule has 11 aromatic rings. The highest BCUT2D eigenvalue weighted by Crippen LogP contribution is 2.54. The number of rotatable bonds is 4. The fourth-order valence-corrected chi connectivity index (χ4v) is 11.7. The van der Waals surface area contributed by atoms with E-state index < -0.39 is 0 Å². The van der Waals surface area contributed by atoms with Gasteiger partial charge < -0.3 is 4.57 Å². The predicted octanol–water partition coefficient (Wildman–Crippen LogP) is 16.7. The van der Waals surface area contributed by atoms with Gasteiger partial charge in [0.2, 0.25) is 0 Å². The van der Waals surface area contributed by atoms with Crippen LogP contribution >= 0.6 is 0 Å². The van der Waals surface area contributed by atoms with Crippen LogP contribution in [0.5, 0.6) is 0 Å². The van der Waals surface area contributed by atoms with E-state index in [0.29, 0.717) is 0 Å². The molecule has 0 saturated heterocycles. The van der Waals surface area contributed by atoms with E-state index in [9.17, 15) is 0 Å². The maximum absolute atomic E-state index is 2.50. The van der Waals surface area contributed by atoms with Crippen molar-refractivity contribution in [2.24, 2.45) is 0 Å². The topological polar surface area (TPSA) is 4.93 Å². The Bertz CT molecular complexity index is 3730. The Labute approximate surface area is 368 Å². The summed E-state index contributed by atoms with van der Waals surface area (Å²) < 4.78 is 2.40. The molecule has 298 valence electrons. The zero-order chi connectivity index (χ0) is 42.2. The fourth-order valence-electron chi connectivity index (χ4n) is 11.7. The number of hydrogen-bond donors (Lipinski definition) is 0. The molecule has 0 amide bonds. The lowest BCUT2D eigenvalue weighted by Gasteiger charge is -2.24. The number of fused-ring (bicyclic) bond motifs is 11. The molecule has 0 spiro atoms. The third-order valence-electron chi connectivity index (χ3n) is 14.8. The molecule has 2 aliphatic carbocycles. The number of benzene rings is 10. The van der Waals surface area contributed by atoms with E-state index in [1.54, 1.807) is 0 Å². The van der Waals surface area contributed by atoms with Crippen LogP contribution in [0.3, 0.4) is 0 Å². The number of nitrogens with zero attached hydrogens (tertiary/aromatic N) is 1. The van der Waals surface area contributed by atoms with E-state index in [2.05, 4.69) is 232 Å². The van der Waals surface area contributed by atoms with Gasteiger partial charge >= 0.3 is 0 Å². The van der Waals surface area contributed by atoms with Crippen LogP contribution in [0.2, 0.25) is 0 Å². The third kappa shape index (κ3) is 5.05. The molecule has 0 saturated carbocycles. The van der Waals surface area contributed by atoms with Crippen LogP contribution in [-0.2, 0) is 10.8 Å². The summed E-state index contributed by atoms with van der Waals surface area (Å²) in [5, 5.41) is 7.61. The van der Waals surface area contributed by atoms with E-state index >= 15 is 0 Å². The first kappa shape index (κ1) is 36.2. The van der Waals surface area contributed by atoms with Crippen LogP contribution in [0.4, 0.5) is 0 Å². The Hall–Kier alpha value is -7.48. The predicted molar refractivity (Wildman–Crippen MR) is 267 cm³/mol. The summed E-state index contributed by atoms with van der Waals surface area (Å²) in [6, 6.07) is 75.4. The van der Waals surface area contributed by atoms with Crippen molar-refractivity contribution in [2.45, 2.75) is 38.5 Å². The third-order valence-corrected chi connectivity index (χ3v) is 14.8. The Morgan fingerprint density at radius 3 is 1.33 bits per heavy atom. The molecule has 0 atom stereocenters. The van der Waals surface area contributed by atoms with Crippen molar-refractivity contribution in [2.75, 3.05) is 0 Å². The van der Waals surface area contributed by atoms with Crippen molar-refractivity contribution >= 4 is 43.4 Å². The molecule has 1 heterocycles. The van der Waals surface area contributed by atoms with Gasteiger partial charge in [0.25, 0.3) is 0 Å². The summed E-state index contributed by atoms with van der Waals surface area (Å²) in [6.45, 7) is 9.54. The van der Waals surface area contributed by atoms with Gasteiger partial charge in [-0.1, -0.05) is 179 Å². The highest BCUT2D eigenvalue weighted by Gasteiger charge is 2.37. The maximum Gasteiger partial charge on any atom is 0.0541 e. The molecule has 13 rings (SSSR count). The first-order valence-corrected chi connectivity index (χ1v) is 22.3. The highest BCUT2D eigenvalue weighted by atomic mass is 15.0. The molecule has 0 aliphatic heterocycles. The maximum atomic E-state index is 2.50. The smallest absolute Gasteiger partial charge is 0.0541 e. The molecule has 0 bridgehead atoms. The van der Waals surface area contributed by atoms with E-state index in [1.165, 1.54) is 127 Å². The van der Waals surface area contributed by atoms with Gasteiger partial charge in [-0.3, -0.25) is 0 Å². The normalized spacial score (nSPS) is 14.3. The minimum Gasteiger partial charge on any atom is -0.309 e. The second-order valence-electron chi connectivity index (χ2n) is 18.8. The lowest BCUT2D eigenvalue weighted by Crippen LogP contribution is -2.15. The lowest BCUT2D eigenvalue weighted by molar-refractivity contribution is 0.660. The lowest BCUT2D eigenvalue weighted by atomic mass is 9.79. The van der Waals surface area contributed by atoms with Gasteiger partial charge in [-0.15, -0.1) is 0 Å². The van der Waals surface area contributed by atoms with Gasteiger partial charge in [0.1, 0.15) is 0 Å². The van der Waals surface area contributed by atoms with E-state index in [-0.39, 0.29) is 10.8 Å². The Morgan fingerprint density at radius 1 is 0.286 bits per heavy atom. The summed E-state index contributed by atoms with van der Waals surface area (Å²) >= 11 is 0. The monoisotopic (exact) mass is 803 g/mol.